The average molecular weight is 326 g/mol. The minimum atomic E-state index is 0.0116. The van der Waals surface area contributed by atoms with Crippen molar-refractivity contribution in [2.24, 2.45) is 0 Å². The van der Waals surface area contributed by atoms with Crippen LogP contribution in [0.25, 0.3) is 16.9 Å². The van der Waals surface area contributed by atoms with Crippen molar-refractivity contribution >= 4 is 5.52 Å². The van der Waals surface area contributed by atoms with Gasteiger partial charge in [-0.1, -0.05) is 6.07 Å². The lowest BCUT2D eigenvalue weighted by Crippen LogP contribution is -2.38. The topological polar surface area (TPSA) is 54.9 Å². The van der Waals surface area contributed by atoms with Crippen LogP contribution in [0, 0.1) is 0 Å². The van der Waals surface area contributed by atoms with Gasteiger partial charge in [-0.15, -0.1) is 0 Å². The number of ether oxygens (including phenoxy) is 1. The number of aliphatic hydroxyl groups excluding tert-OH is 1. The van der Waals surface area contributed by atoms with Gasteiger partial charge in [0.1, 0.15) is 5.69 Å². The monoisotopic (exact) mass is 326 g/mol. The number of nitrogens with zero attached hydrogens (tertiary/aromatic N) is 4. The molecule has 0 aliphatic carbocycles. The van der Waals surface area contributed by atoms with Crippen LogP contribution in [0.4, 0.5) is 0 Å². The van der Waals surface area contributed by atoms with Gasteiger partial charge in [0.2, 0.25) is 0 Å². The van der Waals surface area contributed by atoms with Crippen molar-refractivity contribution in [1.29, 1.82) is 0 Å². The molecular formula is C18H22N4O2. The van der Waals surface area contributed by atoms with Gasteiger partial charge in [-0.2, -0.15) is 5.10 Å². The molecular weight excluding hydrogens is 304 g/mol. The zero-order valence-corrected chi connectivity index (χ0v) is 13.6. The van der Waals surface area contributed by atoms with Crippen LogP contribution in [0.3, 0.4) is 0 Å². The number of hydrogen-bond acceptors (Lipinski definition) is 4. The molecule has 6 heteroatoms. The first-order valence-electron chi connectivity index (χ1n) is 8.39. The Balaban J connectivity index is 1.56. The quantitative estimate of drug-likeness (QED) is 0.774. The third-order valence-electron chi connectivity index (χ3n) is 4.56. The van der Waals surface area contributed by atoms with Gasteiger partial charge < -0.3 is 14.2 Å². The van der Waals surface area contributed by atoms with Crippen molar-refractivity contribution < 1.29 is 9.84 Å². The van der Waals surface area contributed by atoms with E-state index in [4.69, 9.17) is 9.84 Å². The van der Waals surface area contributed by atoms with E-state index in [1.54, 1.807) is 0 Å². The second-order valence-electron chi connectivity index (χ2n) is 6.09. The molecule has 1 saturated heterocycles. The van der Waals surface area contributed by atoms with Gasteiger partial charge in [-0.25, -0.2) is 0 Å². The Labute approximate surface area is 140 Å². The number of rotatable bonds is 5. The molecule has 0 aromatic carbocycles. The highest BCUT2D eigenvalue weighted by Gasteiger charge is 2.15. The summed E-state index contributed by atoms with van der Waals surface area (Å²) in [5, 5.41) is 14.4. The molecule has 1 N–H and O–H groups in total. The number of aliphatic hydroxyl groups is 1. The number of fused-ring (bicyclic) bond motifs is 1. The van der Waals surface area contributed by atoms with E-state index >= 15 is 0 Å². The maximum atomic E-state index is 9.69. The smallest absolute Gasteiger partial charge is 0.109 e. The molecule has 3 aromatic rings. The number of hydrogen-bond donors (Lipinski definition) is 1. The van der Waals surface area contributed by atoms with Crippen LogP contribution in [0.2, 0.25) is 0 Å². The number of morpholine rings is 1. The second kappa shape index (κ2) is 6.76. The summed E-state index contributed by atoms with van der Waals surface area (Å²) < 4.78 is 9.44. The first kappa shape index (κ1) is 15.4. The van der Waals surface area contributed by atoms with Crippen molar-refractivity contribution in [3.8, 4) is 11.4 Å². The van der Waals surface area contributed by atoms with E-state index in [-0.39, 0.29) is 6.61 Å². The van der Waals surface area contributed by atoms with Gasteiger partial charge in [-0.05, 0) is 24.3 Å². The summed E-state index contributed by atoms with van der Waals surface area (Å²) in [6, 6.07) is 10.1. The van der Waals surface area contributed by atoms with Gasteiger partial charge in [-0.3, -0.25) is 9.58 Å². The molecule has 0 amide bonds. The SMILES string of the molecule is OCc1cc2ccccn2c1-c1ccn(CCN2CCOCC2)n1. The standard InChI is InChI=1S/C18H22N4O2/c23-14-15-13-16-3-1-2-5-22(16)18(15)17-4-6-21(19-17)8-7-20-9-11-24-12-10-20/h1-6,13,23H,7-12,14H2. The van der Waals surface area contributed by atoms with Crippen molar-refractivity contribution in [2.75, 3.05) is 32.8 Å². The van der Waals surface area contributed by atoms with Crippen LogP contribution < -0.4 is 0 Å². The maximum Gasteiger partial charge on any atom is 0.109 e. The van der Waals surface area contributed by atoms with Crippen LogP contribution >= 0.6 is 0 Å². The van der Waals surface area contributed by atoms with Gasteiger partial charge in [0.15, 0.2) is 0 Å². The highest BCUT2D eigenvalue weighted by atomic mass is 16.5. The van der Waals surface area contributed by atoms with E-state index in [1.165, 1.54) is 0 Å². The first-order valence-corrected chi connectivity index (χ1v) is 8.39. The normalized spacial score (nSPS) is 16.0. The molecule has 126 valence electrons. The molecule has 1 aliphatic heterocycles. The van der Waals surface area contributed by atoms with Gasteiger partial charge in [0, 0.05) is 43.1 Å². The van der Waals surface area contributed by atoms with Crippen LogP contribution in [-0.2, 0) is 17.9 Å². The average Bonchev–Trinajstić information content (AvgIpc) is 3.24. The highest BCUT2D eigenvalue weighted by molar-refractivity contribution is 5.69. The predicted octanol–water partition coefficient (Wildman–Crippen LogP) is 1.63. The molecule has 24 heavy (non-hydrogen) atoms. The van der Waals surface area contributed by atoms with E-state index in [1.807, 2.05) is 47.4 Å². The van der Waals surface area contributed by atoms with Gasteiger partial charge >= 0.3 is 0 Å². The fourth-order valence-electron chi connectivity index (χ4n) is 3.27. The van der Waals surface area contributed by atoms with E-state index in [0.29, 0.717) is 0 Å². The molecule has 0 saturated carbocycles. The Morgan fingerprint density at radius 1 is 1.08 bits per heavy atom. The fourth-order valence-corrected chi connectivity index (χ4v) is 3.27. The van der Waals surface area contributed by atoms with Crippen LogP contribution in [0.15, 0.2) is 42.7 Å². The van der Waals surface area contributed by atoms with E-state index in [9.17, 15) is 5.11 Å². The van der Waals surface area contributed by atoms with E-state index in [0.717, 1.165) is 61.9 Å². The van der Waals surface area contributed by atoms with Crippen molar-refractivity contribution in [2.45, 2.75) is 13.2 Å². The summed E-state index contributed by atoms with van der Waals surface area (Å²) >= 11 is 0. The Bertz CT molecular complexity index is 817. The third kappa shape index (κ3) is 2.96. The molecule has 0 atom stereocenters. The number of pyridine rings is 1. The summed E-state index contributed by atoms with van der Waals surface area (Å²) in [4.78, 5) is 2.40. The molecule has 6 nitrogen and oxygen atoms in total. The van der Waals surface area contributed by atoms with E-state index < -0.39 is 0 Å². The Morgan fingerprint density at radius 3 is 2.79 bits per heavy atom. The lowest BCUT2D eigenvalue weighted by atomic mass is 10.2. The second-order valence-corrected chi connectivity index (χ2v) is 6.09. The summed E-state index contributed by atoms with van der Waals surface area (Å²) in [5.41, 5.74) is 3.84. The molecule has 1 aliphatic rings. The molecule has 1 fully saturated rings. The minimum Gasteiger partial charge on any atom is -0.392 e. The summed E-state index contributed by atoms with van der Waals surface area (Å²) in [6.07, 6.45) is 4.02. The van der Waals surface area contributed by atoms with Gasteiger partial charge in [0.05, 0.1) is 32.1 Å². The molecule has 0 spiro atoms. The predicted molar refractivity (Wildman–Crippen MR) is 91.8 cm³/mol. The molecule has 4 heterocycles. The highest BCUT2D eigenvalue weighted by Crippen LogP contribution is 2.26. The Kier molecular flexibility index (Phi) is 4.34. The van der Waals surface area contributed by atoms with Crippen LogP contribution in [-0.4, -0.2) is 57.0 Å². The zero-order chi connectivity index (χ0) is 16.4. The summed E-state index contributed by atoms with van der Waals surface area (Å²) in [7, 11) is 0. The molecule has 0 unspecified atom stereocenters. The van der Waals surface area contributed by atoms with Crippen LogP contribution in [0.5, 0.6) is 0 Å². The lowest BCUT2D eigenvalue weighted by molar-refractivity contribution is 0.0360. The maximum absolute atomic E-state index is 9.69. The Hall–Kier alpha value is -2.15. The molecule has 0 bridgehead atoms. The van der Waals surface area contributed by atoms with Crippen molar-refractivity contribution in [3.63, 3.8) is 0 Å². The van der Waals surface area contributed by atoms with Gasteiger partial charge in [0.25, 0.3) is 0 Å². The largest absolute Gasteiger partial charge is 0.392 e. The molecule has 3 aromatic heterocycles. The minimum absolute atomic E-state index is 0.0116. The van der Waals surface area contributed by atoms with E-state index in [2.05, 4.69) is 9.30 Å². The molecule has 4 rings (SSSR count). The summed E-state index contributed by atoms with van der Waals surface area (Å²) in [5.74, 6) is 0. The van der Waals surface area contributed by atoms with Crippen molar-refractivity contribution in [3.05, 3.63) is 48.3 Å². The Morgan fingerprint density at radius 2 is 1.96 bits per heavy atom. The van der Waals surface area contributed by atoms with Crippen LogP contribution in [0.1, 0.15) is 5.56 Å². The summed E-state index contributed by atoms with van der Waals surface area (Å²) in [6.45, 7) is 5.47. The fraction of sp³-hybridized carbons (Fsp3) is 0.389. The first-order chi connectivity index (χ1) is 11.8. The number of aromatic nitrogens is 3. The molecule has 0 radical (unpaired) electrons. The zero-order valence-electron chi connectivity index (χ0n) is 13.6. The third-order valence-corrected chi connectivity index (χ3v) is 4.56. The van der Waals surface area contributed by atoms with Crippen molar-refractivity contribution in [1.82, 2.24) is 19.1 Å². The lowest BCUT2D eigenvalue weighted by Gasteiger charge is -2.26.